The fourth-order valence-electron chi connectivity index (χ4n) is 3.10. The molecule has 31 heavy (non-hydrogen) atoms. The number of nitrogens with one attached hydrogen (secondary N) is 1. The second-order valence-electron chi connectivity index (χ2n) is 7.04. The molecule has 9 heteroatoms. The maximum absolute atomic E-state index is 13.3. The van der Waals surface area contributed by atoms with Crippen LogP contribution in [0.25, 0.3) is 11.3 Å². The van der Waals surface area contributed by atoms with Crippen molar-refractivity contribution in [2.75, 3.05) is 0 Å². The van der Waals surface area contributed by atoms with Crippen molar-refractivity contribution in [1.82, 2.24) is 20.1 Å². The summed E-state index contributed by atoms with van der Waals surface area (Å²) in [5.41, 5.74) is 1.71. The zero-order valence-corrected chi connectivity index (χ0v) is 16.9. The van der Waals surface area contributed by atoms with Crippen molar-refractivity contribution in [3.63, 3.8) is 0 Å². The van der Waals surface area contributed by atoms with Crippen molar-refractivity contribution >= 4 is 17.5 Å². The molecule has 0 saturated carbocycles. The number of amides is 1. The van der Waals surface area contributed by atoms with Gasteiger partial charge in [-0.2, -0.15) is 13.9 Å². The third kappa shape index (κ3) is 5.25. The summed E-state index contributed by atoms with van der Waals surface area (Å²) >= 11 is 0. The van der Waals surface area contributed by atoms with Crippen LogP contribution in [0.4, 0.5) is 8.78 Å². The third-order valence-corrected chi connectivity index (χ3v) is 4.58. The van der Waals surface area contributed by atoms with Gasteiger partial charge in [-0.15, -0.1) is 0 Å². The van der Waals surface area contributed by atoms with Gasteiger partial charge in [-0.05, 0) is 24.1 Å². The highest BCUT2D eigenvalue weighted by molar-refractivity contribution is 6.38. The zero-order valence-electron chi connectivity index (χ0n) is 16.9. The van der Waals surface area contributed by atoms with Crippen LogP contribution >= 0.6 is 0 Å². The van der Waals surface area contributed by atoms with E-state index in [4.69, 9.17) is 0 Å². The van der Waals surface area contributed by atoms with Crippen LogP contribution in [0, 0.1) is 6.92 Å². The average Bonchev–Trinajstić information content (AvgIpc) is 3.19. The molecule has 1 atom stereocenters. The van der Waals surface area contributed by atoms with Gasteiger partial charge in [0.05, 0.1) is 11.6 Å². The van der Waals surface area contributed by atoms with Crippen LogP contribution in [0.5, 0.6) is 0 Å². The summed E-state index contributed by atoms with van der Waals surface area (Å²) < 4.78 is 26.9. The monoisotopic (exact) mass is 426 g/mol. The molecular weight excluding hydrogens is 406 g/mol. The van der Waals surface area contributed by atoms with Crippen molar-refractivity contribution in [3.8, 4) is 11.3 Å². The van der Waals surface area contributed by atoms with Crippen molar-refractivity contribution in [1.29, 1.82) is 0 Å². The second kappa shape index (κ2) is 9.38. The smallest absolute Gasteiger partial charge is 0.333 e. The van der Waals surface area contributed by atoms with Gasteiger partial charge in [0.15, 0.2) is 5.78 Å². The Morgan fingerprint density at radius 2 is 1.84 bits per heavy atom. The van der Waals surface area contributed by atoms with Crippen LogP contribution < -0.4 is 5.32 Å². The van der Waals surface area contributed by atoms with Gasteiger partial charge >= 0.3 is 6.55 Å². The molecular formula is C22H20F2N4O3. The highest BCUT2D eigenvalue weighted by atomic mass is 19.3. The molecule has 0 aliphatic carbocycles. The fraction of sp³-hybridized carbons (Fsp3) is 0.227. The van der Waals surface area contributed by atoms with Gasteiger partial charge in [0.1, 0.15) is 5.69 Å². The quantitative estimate of drug-likeness (QED) is 0.559. The first-order valence-corrected chi connectivity index (χ1v) is 9.45. The second-order valence-corrected chi connectivity index (χ2v) is 7.04. The Hall–Kier alpha value is -3.75. The summed E-state index contributed by atoms with van der Waals surface area (Å²) in [7, 11) is 0. The summed E-state index contributed by atoms with van der Waals surface area (Å²) in [6, 6.07) is 9.35. The lowest BCUT2D eigenvalue weighted by Crippen LogP contribution is -2.44. The number of carbonyl (C=O) groups is 3. The molecule has 0 spiro atoms. The molecule has 0 aliphatic rings. The molecule has 7 nitrogen and oxygen atoms in total. The lowest BCUT2D eigenvalue weighted by Gasteiger charge is -2.16. The van der Waals surface area contributed by atoms with Gasteiger partial charge in [0, 0.05) is 37.5 Å². The van der Waals surface area contributed by atoms with Crippen molar-refractivity contribution in [2.45, 2.75) is 32.9 Å². The van der Waals surface area contributed by atoms with Crippen molar-refractivity contribution in [3.05, 3.63) is 71.7 Å². The zero-order chi connectivity index (χ0) is 22.5. The van der Waals surface area contributed by atoms with E-state index < -0.39 is 30.1 Å². The fourth-order valence-corrected chi connectivity index (χ4v) is 3.10. The summed E-state index contributed by atoms with van der Waals surface area (Å²) in [5.74, 6) is -2.29. The number of Topliss-reactive ketones (excluding diaryl/α,β-unsaturated/α-hetero) is 2. The first kappa shape index (κ1) is 21.9. The Morgan fingerprint density at radius 1 is 1.13 bits per heavy atom. The Labute approximate surface area is 177 Å². The van der Waals surface area contributed by atoms with Crippen LogP contribution in [-0.2, 0) is 16.0 Å². The summed E-state index contributed by atoms with van der Waals surface area (Å²) in [6.45, 7) is -0.0792. The lowest BCUT2D eigenvalue weighted by molar-refractivity contribution is -0.136. The Balaban J connectivity index is 1.96. The maximum atomic E-state index is 13.3. The summed E-state index contributed by atoms with van der Waals surface area (Å²) in [5, 5.41) is 6.34. The van der Waals surface area contributed by atoms with E-state index in [2.05, 4.69) is 15.4 Å². The molecule has 1 amide bonds. The van der Waals surface area contributed by atoms with Gasteiger partial charge in [0.2, 0.25) is 5.78 Å². The number of carbonyl (C=O) groups excluding carboxylic acids is 3. The van der Waals surface area contributed by atoms with E-state index in [-0.39, 0.29) is 17.7 Å². The topological polar surface area (TPSA) is 94.0 Å². The predicted octanol–water partition coefficient (Wildman–Crippen LogP) is 3.15. The number of pyridine rings is 1. The average molecular weight is 426 g/mol. The van der Waals surface area contributed by atoms with E-state index in [0.29, 0.717) is 10.2 Å². The number of aryl methyl sites for hydroxylation is 1. The molecule has 160 valence electrons. The first-order chi connectivity index (χ1) is 14.8. The number of halogens is 2. The number of nitrogens with zero attached hydrogens (tertiary/aromatic N) is 3. The minimum atomic E-state index is -2.96. The standard InChI is InChI=1S/C22H20F2N4O3/c1-13-8-16(11-25-10-13)19-17(12-28(27-19)22(23)24)21(31)26-18(20(30)14(2)29)9-15-6-4-3-5-7-15/h3-8,10-12,18,22H,9H2,1-2H3,(H,26,31). The van der Waals surface area contributed by atoms with E-state index in [1.165, 1.54) is 6.20 Å². The minimum Gasteiger partial charge on any atom is -0.341 e. The minimum absolute atomic E-state index is 0.00253. The van der Waals surface area contributed by atoms with Crippen LogP contribution in [0.3, 0.4) is 0 Å². The highest BCUT2D eigenvalue weighted by Gasteiger charge is 2.28. The first-order valence-electron chi connectivity index (χ1n) is 9.45. The lowest BCUT2D eigenvalue weighted by atomic mass is 9.99. The van der Waals surface area contributed by atoms with Gasteiger partial charge in [-0.3, -0.25) is 19.4 Å². The highest BCUT2D eigenvalue weighted by Crippen LogP contribution is 2.25. The number of alkyl halides is 2. The molecule has 0 aliphatic heterocycles. The number of hydrogen-bond acceptors (Lipinski definition) is 5. The molecule has 0 fully saturated rings. The SMILES string of the molecule is CC(=O)C(=O)C(Cc1ccccc1)NC(=O)c1cn(C(F)F)nc1-c1cncc(C)c1. The number of ketones is 2. The van der Waals surface area contributed by atoms with Gasteiger partial charge in [0.25, 0.3) is 5.91 Å². The van der Waals surface area contributed by atoms with E-state index in [1.54, 1.807) is 49.5 Å². The molecule has 3 aromatic rings. The molecule has 0 saturated heterocycles. The van der Waals surface area contributed by atoms with Gasteiger partial charge in [-0.1, -0.05) is 30.3 Å². The van der Waals surface area contributed by atoms with Gasteiger partial charge < -0.3 is 5.32 Å². The van der Waals surface area contributed by atoms with Crippen LogP contribution in [0.2, 0.25) is 0 Å². The summed E-state index contributed by atoms with van der Waals surface area (Å²) in [6.07, 6.45) is 3.98. The van der Waals surface area contributed by atoms with E-state index in [9.17, 15) is 23.2 Å². The van der Waals surface area contributed by atoms with Crippen LogP contribution in [0.15, 0.2) is 55.0 Å². The molecule has 1 N–H and O–H groups in total. The van der Waals surface area contributed by atoms with Crippen LogP contribution in [-0.4, -0.2) is 38.3 Å². The molecule has 2 aromatic heterocycles. The molecule has 3 rings (SSSR count). The number of hydrogen-bond donors (Lipinski definition) is 1. The Kier molecular flexibility index (Phi) is 6.64. The van der Waals surface area contributed by atoms with Gasteiger partial charge in [-0.25, -0.2) is 4.68 Å². The molecule has 2 heterocycles. The molecule has 0 bridgehead atoms. The van der Waals surface area contributed by atoms with E-state index >= 15 is 0 Å². The van der Waals surface area contributed by atoms with Crippen molar-refractivity contribution in [2.24, 2.45) is 0 Å². The van der Waals surface area contributed by atoms with Crippen LogP contribution in [0.1, 0.15) is 35.0 Å². The van der Waals surface area contributed by atoms with Crippen molar-refractivity contribution < 1.29 is 23.2 Å². The Morgan fingerprint density at radius 3 is 2.45 bits per heavy atom. The molecule has 1 aromatic carbocycles. The number of rotatable bonds is 8. The largest absolute Gasteiger partial charge is 0.341 e. The van der Waals surface area contributed by atoms with E-state index in [1.807, 2.05) is 0 Å². The Bertz CT molecular complexity index is 1110. The number of benzene rings is 1. The molecule has 1 unspecified atom stereocenters. The predicted molar refractivity (Wildman–Crippen MR) is 109 cm³/mol. The maximum Gasteiger partial charge on any atom is 0.333 e. The normalized spacial score (nSPS) is 11.9. The molecule has 0 radical (unpaired) electrons. The van der Waals surface area contributed by atoms with E-state index in [0.717, 1.165) is 24.2 Å². The third-order valence-electron chi connectivity index (χ3n) is 4.58. The summed E-state index contributed by atoms with van der Waals surface area (Å²) in [4.78, 5) is 41.1. The number of aromatic nitrogens is 3.